The summed E-state index contributed by atoms with van der Waals surface area (Å²) < 4.78 is 11.0. The van der Waals surface area contributed by atoms with Crippen LogP contribution in [0, 0.1) is 0 Å². The summed E-state index contributed by atoms with van der Waals surface area (Å²) in [4.78, 5) is 11.9. The number of carbonyl (C=O) groups is 1. The Bertz CT molecular complexity index is 561. The van der Waals surface area contributed by atoms with E-state index >= 15 is 0 Å². The first-order chi connectivity index (χ1) is 11.3. The number of benzene rings is 1. The second-order valence-electron chi connectivity index (χ2n) is 6.96. The minimum atomic E-state index is -0.278. The predicted molar refractivity (Wildman–Crippen MR) is 98.4 cm³/mol. The van der Waals surface area contributed by atoms with Crippen molar-refractivity contribution in [3.63, 3.8) is 0 Å². The lowest BCUT2D eigenvalue weighted by Gasteiger charge is -2.19. The molecule has 1 heterocycles. The van der Waals surface area contributed by atoms with Crippen molar-refractivity contribution in [1.29, 1.82) is 0 Å². The molecule has 1 saturated heterocycles. The topological polar surface area (TPSA) is 59.6 Å². The smallest absolute Gasteiger partial charge is 0.264 e. The molecule has 0 aromatic heterocycles. The Morgan fingerprint density at radius 2 is 2.04 bits per heavy atom. The van der Waals surface area contributed by atoms with Gasteiger partial charge < -0.3 is 20.1 Å². The van der Waals surface area contributed by atoms with Gasteiger partial charge in [0, 0.05) is 13.2 Å². The van der Waals surface area contributed by atoms with Crippen molar-refractivity contribution in [1.82, 2.24) is 10.6 Å². The fraction of sp³-hybridized carbons (Fsp3) is 0.556. The maximum absolute atomic E-state index is 11.9. The van der Waals surface area contributed by atoms with Crippen LogP contribution in [0.5, 0.6) is 5.75 Å². The summed E-state index contributed by atoms with van der Waals surface area (Å²) in [6.07, 6.45) is 2.28. The van der Waals surface area contributed by atoms with E-state index in [1.807, 2.05) is 24.3 Å². The monoisotopic (exact) mass is 350 g/mol. The van der Waals surface area contributed by atoms with Crippen molar-refractivity contribution in [3.05, 3.63) is 29.8 Å². The lowest BCUT2D eigenvalue weighted by atomic mass is 9.87. The Labute approximate surface area is 149 Å². The number of ether oxygens (including phenoxy) is 2. The maximum atomic E-state index is 11.9. The highest BCUT2D eigenvalue weighted by Gasteiger charge is 2.16. The van der Waals surface area contributed by atoms with Crippen molar-refractivity contribution in [2.75, 3.05) is 19.8 Å². The minimum absolute atomic E-state index is 0.0728. The Kier molecular flexibility index (Phi) is 6.57. The van der Waals surface area contributed by atoms with Gasteiger partial charge in [-0.25, -0.2) is 0 Å². The van der Waals surface area contributed by atoms with Crippen LogP contribution >= 0.6 is 12.2 Å². The van der Waals surface area contributed by atoms with Crippen molar-refractivity contribution >= 4 is 23.2 Å². The Balaban J connectivity index is 1.69. The zero-order chi connectivity index (χ0) is 17.6. The van der Waals surface area contributed by atoms with Crippen LogP contribution in [-0.2, 0) is 14.9 Å². The van der Waals surface area contributed by atoms with E-state index in [0.717, 1.165) is 19.4 Å². The number of amides is 1. The van der Waals surface area contributed by atoms with Crippen LogP contribution in [0.25, 0.3) is 0 Å². The van der Waals surface area contributed by atoms with Gasteiger partial charge in [0.05, 0.1) is 6.10 Å². The maximum Gasteiger partial charge on any atom is 0.264 e. The number of thiocarbonyl (C=S) groups is 1. The molecule has 6 heteroatoms. The van der Waals surface area contributed by atoms with E-state index in [1.54, 1.807) is 0 Å². The van der Waals surface area contributed by atoms with Gasteiger partial charge in [-0.1, -0.05) is 32.9 Å². The van der Waals surface area contributed by atoms with E-state index in [-0.39, 0.29) is 24.0 Å². The van der Waals surface area contributed by atoms with Gasteiger partial charge in [-0.05, 0) is 48.2 Å². The quantitative estimate of drug-likeness (QED) is 0.799. The summed E-state index contributed by atoms with van der Waals surface area (Å²) in [5.41, 5.74) is 1.32. The van der Waals surface area contributed by atoms with Gasteiger partial charge in [0.25, 0.3) is 5.91 Å². The molecule has 0 spiro atoms. The Hall–Kier alpha value is -1.66. The first kappa shape index (κ1) is 18.7. The molecule has 1 aliphatic rings. The van der Waals surface area contributed by atoms with Crippen molar-refractivity contribution in [2.45, 2.75) is 45.1 Å². The molecule has 1 aromatic carbocycles. The average molecular weight is 350 g/mol. The fourth-order valence-electron chi connectivity index (χ4n) is 2.42. The van der Waals surface area contributed by atoms with Gasteiger partial charge in [0.1, 0.15) is 5.75 Å². The molecule has 132 valence electrons. The van der Waals surface area contributed by atoms with Crippen LogP contribution in [0.15, 0.2) is 24.3 Å². The molecule has 1 aliphatic heterocycles. The highest BCUT2D eigenvalue weighted by Crippen LogP contribution is 2.24. The standard InChI is InChI=1S/C18H26N2O3S/c1-18(2,3)13-6-8-14(9-7-13)23-12-16(21)20-17(24)19-11-15-5-4-10-22-15/h6-9,15H,4-5,10-12H2,1-3H3,(H2,19,20,21,24). The van der Waals surface area contributed by atoms with E-state index in [9.17, 15) is 4.79 Å². The molecule has 0 bridgehead atoms. The molecular formula is C18H26N2O3S. The molecule has 2 rings (SSSR count). The third-order valence-electron chi connectivity index (χ3n) is 3.86. The second-order valence-corrected chi connectivity index (χ2v) is 7.36. The van der Waals surface area contributed by atoms with Crippen molar-refractivity contribution < 1.29 is 14.3 Å². The largest absolute Gasteiger partial charge is 0.484 e. The summed E-state index contributed by atoms with van der Waals surface area (Å²) in [5, 5.41) is 5.91. The van der Waals surface area contributed by atoms with Crippen LogP contribution < -0.4 is 15.4 Å². The van der Waals surface area contributed by atoms with E-state index in [2.05, 4.69) is 31.4 Å². The van der Waals surface area contributed by atoms with E-state index < -0.39 is 0 Å². The number of nitrogens with one attached hydrogen (secondary N) is 2. The molecule has 1 fully saturated rings. The first-order valence-corrected chi connectivity index (χ1v) is 8.68. The minimum Gasteiger partial charge on any atom is -0.484 e. The van der Waals surface area contributed by atoms with Crippen LogP contribution in [0.4, 0.5) is 0 Å². The van der Waals surface area contributed by atoms with Crippen LogP contribution in [-0.4, -0.2) is 36.9 Å². The van der Waals surface area contributed by atoms with Gasteiger partial charge >= 0.3 is 0 Å². The number of hydrogen-bond acceptors (Lipinski definition) is 4. The van der Waals surface area contributed by atoms with Gasteiger partial charge in [-0.15, -0.1) is 0 Å². The molecule has 24 heavy (non-hydrogen) atoms. The molecule has 5 nitrogen and oxygen atoms in total. The van der Waals surface area contributed by atoms with E-state index in [4.69, 9.17) is 21.7 Å². The molecule has 1 aromatic rings. The molecule has 2 N–H and O–H groups in total. The van der Waals surface area contributed by atoms with Gasteiger partial charge in [-0.3, -0.25) is 4.79 Å². The van der Waals surface area contributed by atoms with Crippen LogP contribution in [0.3, 0.4) is 0 Å². The summed E-state index contributed by atoms with van der Waals surface area (Å²) >= 11 is 5.10. The first-order valence-electron chi connectivity index (χ1n) is 8.27. The van der Waals surface area contributed by atoms with Crippen molar-refractivity contribution in [2.24, 2.45) is 0 Å². The lowest BCUT2D eigenvalue weighted by Crippen LogP contribution is -2.43. The fourth-order valence-corrected chi connectivity index (χ4v) is 2.62. The van der Waals surface area contributed by atoms with Crippen LogP contribution in [0.1, 0.15) is 39.2 Å². The SMILES string of the molecule is CC(C)(C)c1ccc(OCC(=O)NC(=S)NCC2CCCO2)cc1. The lowest BCUT2D eigenvalue weighted by molar-refractivity contribution is -0.121. The zero-order valence-electron chi connectivity index (χ0n) is 14.6. The van der Waals surface area contributed by atoms with Crippen molar-refractivity contribution in [3.8, 4) is 5.75 Å². The summed E-state index contributed by atoms with van der Waals surface area (Å²) in [6, 6.07) is 7.78. The van der Waals surface area contributed by atoms with Gasteiger partial charge in [0.2, 0.25) is 0 Å². The van der Waals surface area contributed by atoms with Gasteiger partial charge in [-0.2, -0.15) is 0 Å². The number of rotatable bonds is 5. The molecule has 0 radical (unpaired) electrons. The second kappa shape index (κ2) is 8.44. The third kappa shape index (κ3) is 6.09. The summed E-state index contributed by atoms with van der Waals surface area (Å²) in [5.74, 6) is 0.385. The summed E-state index contributed by atoms with van der Waals surface area (Å²) in [6.45, 7) is 7.81. The normalized spacial score (nSPS) is 17.4. The molecule has 1 atom stereocenters. The zero-order valence-corrected chi connectivity index (χ0v) is 15.4. The number of carbonyl (C=O) groups excluding carboxylic acids is 1. The molecule has 1 amide bonds. The molecule has 0 saturated carbocycles. The highest BCUT2D eigenvalue weighted by atomic mass is 32.1. The summed E-state index contributed by atoms with van der Waals surface area (Å²) in [7, 11) is 0. The highest BCUT2D eigenvalue weighted by molar-refractivity contribution is 7.80. The average Bonchev–Trinajstić information content (AvgIpc) is 3.04. The van der Waals surface area contributed by atoms with E-state index in [1.165, 1.54) is 5.56 Å². The Morgan fingerprint density at radius 1 is 1.33 bits per heavy atom. The Morgan fingerprint density at radius 3 is 2.62 bits per heavy atom. The molecule has 1 unspecified atom stereocenters. The number of hydrogen-bond donors (Lipinski definition) is 2. The van der Waals surface area contributed by atoms with Crippen LogP contribution in [0.2, 0.25) is 0 Å². The molecular weight excluding hydrogens is 324 g/mol. The molecule has 0 aliphatic carbocycles. The van der Waals surface area contributed by atoms with E-state index in [0.29, 0.717) is 17.4 Å². The predicted octanol–water partition coefficient (Wildman–Crippen LogP) is 2.53. The third-order valence-corrected chi connectivity index (χ3v) is 4.10. The van der Waals surface area contributed by atoms with Gasteiger partial charge in [0.15, 0.2) is 11.7 Å².